The smallest absolute Gasteiger partial charge is 0.407 e. The van der Waals surface area contributed by atoms with Crippen LogP contribution in [0.2, 0.25) is 0 Å². The average molecular weight is 241 g/mol. The lowest BCUT2D eigenvalue weighted by molar-refractivity contribution is -0.129. The fourth-order valence-electron chi connectivity index (χ4n) is 2.34. The molecule has 1 rings (SSSR count). The van der Waals surface area contributed by atoms with Crippen molar-refractivity contribution < 1.29 is 14.3 Å². The maximum Gasteiger partial charge on any atom is 0.407 e. The van der Waals surface area contributed by atoms with E-state index in [1.54, 1.807) is 0 Å². The number of amides is 1. The summed E-state index contributed by atoms with van der Waals surface area (Å²) in [4.78, 5) is 23.7. The lowest BCUT2D eigenvalue weighted by atomic mass is 9.81. The van der Waals surface area contributed by atoms with Crippen molar-refractivity contribution in [3.8, 4) is 0 Å². The van der Waals surface area contributed by atoms with Crippen molar-refractivity contribution in [2.45, 2.75) is 52.5 Å². The fourth-order valence-corrected chi connectivity index (χ4v) is 2.34. The van der Waals surface area contributed by atoms with Gasteiger partial charge < -0.3 is 10.1 Å². The Morgan fingerprint density at radius 3 is 2.18 bits per heavy atom. The van der Waals surface area contributed by atoms with Crippen LogP contribution in [0, 0.1) is 11.3 Å². The topological polar surface area (TPSA) is 55.4 Å². The molecule has 0 spiro atoms. The standard InChI is InChI=1S/C13H23NO3/c1-13(2,3)11(15)10(14-12(16)17-4)9-7-5-6-8-9/h9-10H,5-8H2,1-4H3,(H,14,16). The molecule has 1 atom stereocenters. The van der Waals surface area contributed by atoms with Crippen molar-refractivity contribution in [3.63, 3.8) is 0 Å². The lowest BCUT2D eigenvalue weighted by Gasteiger charge is -2.29. The number of rotatable bonds is 3. The van der Waals surface area contributed by atoms with E-state index in [-0.39, 0.29) is 11.7 Å². The molecule has 0 saturated heterocycles. The predicted molar refractivity (Wildman–Crippen MR) is 65.7 cm³/mol. The van der Waals surface area contributed by atoms with Crippen LogP contribution in [0.15, 0.2) is 0 Å². The molecule has 1 aliphatic rings. The molecule has 98 valence electrons. The molecule has 4 nitrogen and oxygen atoms in total. The number of hydrogen-bond donors (Lipinski definition) is 1. The largest absolute Gasteiger partial charge is 0.453 e. The van der Waals surface area contributed by atoms with E-state index >= 15 is 0 Å². The molecule has 0 aromatic heterocycles. The molecule has 0 heterocycles. The molecule has 0 bridgehead atoms. The molecule has 0 aromatic carbocycles. The minimum atomic E-state index is -0.514. The number of methoxy groups -OCH3 is 1. The third-order valence-electron chi connectivity index (χ3n) is 3.35. The molecule has 1 fully saturated rings. The lowest BCUT2D eigenvalue weighted by Crippen LogP contribution is -2.49. The minimum Gasteiger partial charge on any atom is -0.453 e. The second-order valence-electron chi connectivity index (χ2n) is 5.77. The van der Waals surface area contributed by atoms with Gasteiger partial charge in [-0.3, -0.25) is 4.79 Å². The molecule has 0 aromatic rings. The van der Waals surface area contributed by atoms with Crippen molar-refractivity contribution in [2.75, 3.05) is 7.11 Å². The van der Waals surface area contributed by atoms with E-state index in [9.17, 15) is 9.59 Å². The molecule has 1 saturated carbocycles. The second-order valence-corrected chi connectivity index (χ2v) is 5.77. The highest BCUT2D eigenvalue weighted by molar-refractivity contribution is 5.91. The van der Waals surface area contributed by atoms with Gasteiger partial charge in [-0.15, -0.1) is 0 Å². The Labute approximate surface area is 103 Å². The van der Waals surface area contributed by atoms with Gasteiger partial charge in [-0.2, -0.15) is 0 Å². The number of alkyl carbamates (subject to hydrolysis) is 1. The predicted octanol–water partition coefficient (Wildman–Crippen LogP) is 2.52. The van der Waals surface area contributed by atoms with Gasteiger partial charge >= 0.3 is 6.09 Å². The van der Waals surface area contributed by atoms with Crippen LogP contribution in [0.25, 0.3) is 0 Å². The van der Waals surface area contributed by atoms with Crippen molar-refractivity contribution >= 4 is 11.9 Å². The highest BCUT2D eigenvalue weighted by Gasteiger charge is 2.37. The quantitative estimate of drug-likeness (QED) is 0.826. The molecule has 0 aliphatic heterocycles. The van der Waals surface area contributed by atoms with Crippen LogP contribution in [0.5, 0.6) is 0 Å². The van der Waals surface area contributed by atoms with Crippen LogP contribution in [-0.4, -0.2) is 25.0 Å². The van der Waals surface area contributed by atoms with E-state index in [0.29, 0.717) is 0 Å². The number of hydrogen-bond acceptors (Lipinski definition) is 3. The Balaban J connectivity index is 2.78. The van der Waals surface area contributed by atoms with Gasteiger partial charge in [0.2, 0.25) is 0 Å². The van der Waals surface area contributed by atoms with Gasteiger partial charge in [-0.05, 0) is 18.8 Å². The van der Waals surface area contributed by atoms with Crippen molar-refractivity contribution in [3.05, 3.63) is 0 Å². The number of ketones is 1. The molecular weight excluding hydrogens is 218 g/mol. The summed E-state index contributed by atoms with van der Waals surface area (Å²) in [6, 6.07) is -0.398. The summed E-state index contributed by atoms with van der Waals surface area (Å²) >= 11 is 0. The average Bonchev–Trinajstić information content (AvgIpc) is 2.76. The van der Waals surface area contributed by atoms with Gasteiger partial charge in [0.1, 0.15) is 0 Å². The Kier molecular flexibility index (Phi) is 4.54. The molecule has 17 heavy (non-hydrogen) atoms. The third-order valence-corrected chi connectivity index (χ3v) is 3.35. The van der Waals surface area contributed by atoms with Gasteiger partial charge in [0.25, 0.3) is 0 Å². The molecular formula is C13H23NO3. The van der Waals surface area contributed by atoms with E-state index in [4.69, 9.17) is 0 Å². The number of carbonyl (C=O) groups excluding carboxylic acids is 2. The highest BCUT2D eigenvalue weighted by atomic mass is 16.5. The molecule has 1 unspecified atom stereocenters. The first-order valence-corrected chi connectivity index (χ1v) is 6.25. The maximum absolute atomic E-state index is 12.3. The van der Waals surface area contributed by atoms with Crippen LogP contribution in [0.1, 0.15) is 46.5 Å². The van der Waals surface area contributed by atoms with Gasteiger partial charge in [-0.25, -0.2) is 4.79 Å². The Morgan fingerprint density at radius 1 is 1.24 bits per heavy atom. The summed E-state index contributed by atoms with van der Waals surface area (Å²) < 4.78 is 4.60. The Hall–Kier alpha value is -1.06. The fraction of sp³-hybridized carbons (Fsp3) is 0.846. The van der Waals surface area contributed by atoms with Crippen LogP contribution >= 0.6 is 0 Å². The highest BCUT2D eigenvalue weighted by Crippen LogP contribution is 2.31. The molecule has 1 amide bonds. The third kappa shape index (κ3) is 3.72. The van der Waals surface area contributed by atoms with Crippen LogP contribution in [-0.2, 0) is 9.53 Å². The van der Waals surface area contributed by atoms with E-state index in [1.165, 1.54) is 7.11 Å². The Morgan fingerprint density at radius 2 is 1.76 bits per heavy atom. The van der Waals surface area contributed by atoms with E-state index in [1.807, 2.05) is 20.8 Å². The van der Waals surface area contributed by atoms with Gasteiger partial charge in [0, 0.05) is 5.41 Å². The first-order chi connectivity index (χ1) is 7.86. The number of carbonyl (C=O) groups is 2. The molecule has 1 N–H and O–H groups in total. The van der Waals surface area contributed by atoms with Crippen LogP contribution < -0.4 is 5.32 Å². The van der Waals surface area contributed by atoms with Gasteiger partial charge in [0.15, 0.2) is 5.78 Å². The maximum atomic E-state index is 12.3. The summed E-state index contributed by atoms with van der Waals surface area (Å²) in [5, 5.41) is 2.70. The summed E-state index contributed by atoms with van der Waals surface area (Å²) in [5.41, 5.74) is -0.436. The monoisotopic (exact) mass is 241 g/mol. The number of Topliss-reactive ketones (excluding diaryl/α,β-unsaturated/α-hetero) is 1. The summed E-state index contributed by atoms with van der Waals surface area (Å²) in [7, 11) is 1.32. The number of nitrogens with one attached hydrogen (secondary N) is 1. The zero-order chi connectivity index (χ0) is 13.1. The zero-order valence-corrected chi connectivity index (χ0v) is 11.2. The first-order valence-electron chi connectivity index (χ1n) is 6.25. The van der Waals surface area contributed by atoms with E-state index in [2.05, 4.69) is 10.1 Å². The summed E-state index contributed by atoms with van der Waals surface area (Å²) in [6.45, 7) is 5.66. The van der Waals surface area contributed by atoms with Crippen LogP contribution in [0.3, 0.4) is 0 Å². The second kappa shape index (κ2) is 5.52. The zero-order valence-electron chi connectivity index (χ0n) is 11.2. The van der Waals surface area contributed by atoms with Crippen molar-refractivity contribution in [1.82, 2.24) is 5.32 Å². The normalized spacial score (nSPS) is 18.8. The SMILES string of the molecule is COC(=O)NC(C(=O)C(C)(C)C)C1CCCC1. The number of ether oxygens (including phenoxy) is 1. The van der Waals surface area contributed by atoms with Crippen molar-refractivity contribution in [1.29, 1.82) is 0 Å². The van der Waals surface area contributed by atoms with Gasteiger partial charge in [0.05, 0.1) is 13.2 Å². The van der Waals surface area contributed by atoms with E-state index < -0.39 is 17.6 Å². The summed E-state index contributed by atoms with van der Waals surface area (Å²) in [5.74, 6) is 0.357. The van der Waals surface area contributed by atoms with E-state index in [0.717, 1.165) is 25.7 Å². The molecule has 0 radical (unpaired) electrons. The summed E-state index contributed by atoms with van der Waals surface area (Å²) in [6.07, 6.45) is 3.79. The molecule has 4 heteroatoms. The minimum absolute atomic E-state index is 0.0924. The van der Waals surface area contributed by atoms with Gasteiger partial charge in [-0.1, -0.05) is 33.6 Å². The van der Waals surface area contributed by atoms with Crippen LogP contribution in [0.4, 0.5) is 4.79 Å². The molecule has 1 aliphatic carbocycles. The Bertz CT molecular complexity index is 288. The first kappa shape index (κ1) is 14.0. The van der Waals surface area contributed by atoms with Crippen molar-refractivity contribution in [2.24, 2.45) is 11.3 Å².